The first kappa shape index (κ1) is 35.7. The van der Waals surface area contributed by atoms with Crippen molar-refractivity contribution < 1.29 is 19.2 Å². The molecule has 13 heteroatoms. The molecule has 240 valence electrons. The SMILES string of the molecule is Cc1ccccc1CC(NC(=O)C(CCCN=C(N)N)NC(=O)C(N)Cc1ccccc1)C(=O)NC(CCCCN)C(N)=O. The highest BCUT2D eigenvalue weighted by molar-refractivity contribution is 5.94. The Morgan fingerprint density at radius 3 is 1.95 bits per heavy atom. The van der Waals surface area contributed by atoms with Crippen LogP contribution in [0.1, 0.15) is 48.8 Å². The second-order valence-electron chi connectivity index (χ2n) is 10.7. The van der Waals surface area contributed by atoms with E-state index >= 15 is 0 Å². The maximum absolute atomic E-state index is 13.7. The van der Waals surface area contributed by atoms with Crippen LogP contribution in [0.15, 0.2) is 59.6 Å². The molecule has 2 aromatic carbocycles. The van der Waals surface area contributed by atoms with Crippen LogP contribution in [-0.4, -0.2) is 66.8 Å². The summed E-state index contributed by atoms with van der Waals surface area (Å²) in [6, 6.07) is 12.8. The number of nitrogens with two attached hydrogens (primary N) is 5. The fraction of sp³-hybridized carbons (Fsp3) is 0.452. The molecule has 0 saturated carbocycles. The number of carbonyl (C=O) groups excluding carboxylic acids is 4. The van der Waals surface area contributed by atoms with E-state index in [9.17, 15) is 19.2 Å². The molecule has 0 radical (unpaired) electrons. The van der Waals surface area contributed by atoms with Crippen LogP contribution in [0.5, 0.6) is 0 Å². The number of benzene rings is 2. The van der Waals surface area contributed by atoms with Gasteiger partial charge in [-0.3, -0.25) is 24.2 Å². The van der Waals surface area contributed by atoms with Crippen molar-refractivity contribution in [2.45, 2.75) is 76.0 Å². The molecule has 2 aromatic rings. The number of nitrogens with zero attached hydrogens (tertiary/aromatic N) is 1. The van der Waals surface area contributed by atoms with Crippen molar-refractivity contribution in [3.05, 3.63) is 71.3 Å². The van der Waals surface area contributed by atoms with Crippen molar-refractivity contribution in [2.24, 2.45) is 33.7 Å². The van der Waals surface area contributed by atoms with Crippen LogP contribution in [0.25, 0.3) is 0 Å². The number of hydrogen-bond acceptors (Lipinski definition) is 7. The number of primary amides is 1. The van der Waals surface area contributed by atoms with Crippen molar-refractivity contribution in [3.8, 4) is 0 Å². The number of unbranched alkanes of at least 4 members (excludes halogenated alkanes) is 1. The van der Waals surface area contributed by atoms with E-state index in [1.807, 2.05) is 61.5 Å². The number of aliphatic imine (C=N–C) groups is 1. The van der Waals surface area contributed by atoms with Crippen LogP contribution >= 0.6 is 0 Å². The van der Waals surface area contributed by atoms with Crippen molar-refractivity contribution in [3.63, 3.8) is 0 Å². The van der Waals surface area contributed by atoms with Crippen molar-refractivity contribution >= 4 is 29.6 Å². The molecule has 4 unspecified atom stereocenters. The molecule has 0 aliphatic rings. The zero-order valence-electron chi connectivity index (χ0n) is 25.3. The molecular weight excluding hydrogens is 562 g/mol. The van der Waals surface area contributed by atoms with Gasteiger partial charge in [-0.15, -0.1) is 0 Å². The maximum atomic E-state index is 13.7. The Kier molecular flexibility index (Phi) is 15.4. The van der Waals surface area contributed by atoms with Crippen LogP contribution in [0.4, 0.5) is 0 Å². The molecule has 0 saturated heterocycles. The Bertz CT molecular complexity index is 1250. The van der Waals surface area contributed by atoms with Crippen LogP contribution in [-0.2, 0) is 32.0 Å². The molecule has 4 atom stereocenters. The third kappa shape index (κ3) is 12.8. The summed E-state index contributed by atoms with van der Waals surface area (Å²) in [6.45, 7) is 2.57. The van der Waals surface area contributed by atoms with E-state index in [0.717, 1.165) is 16.7 Å². The predicted molar refractivity (Wildman–Crippen MR) is 171 cm³/mol. The van der Waals surface area contributed by atoms with Gasteiger partial charge in [0.2, 0.25) is 23.6 Å². The summed E-state index contributed by atoms with van der Waals surface area (Å²) in [7, 11) is 0. The van der Waals surface area contributed by atoms with E-state index in [-0.39, 0.29) is 31.8 Å². The topological polar surface area (TPSA) is 247 Å². The highest BCUT2D eigenvalue weighted by Crippen LogP contribution is 2.12. The second-order valence-corrected chi connectivity index (χ2v) is 10.7. The van der Waals surface area contributed by atoms with Gasteiger partial charge in [0, 0.05) is 13.0 Å². The zero-order chi connectivity index (χ0) is 32.5. The molecule has 0 aliphatic heterocycles. The Morgan fingerprint density at radius 2 is 1.32 bits per heavy atom. The van der Waals surface area contributed by atoms with Gasteiger partial charge in [-0.25, -0.2) is 0 Å². The summed E-state index contributed by atoms with van der Waals surface area (Å²) in [5, 5.41) is 8.21. The molecule has 0 aliphatic carbocycles. The summed E-state index contributed by atoms with van der Waals surface area (Å²) >= 11 is 0. The highest BCUT2D eigenvalue weighted by atomic mass is 16.2. The Morgan fingerprint density at radius 1 is 0.727 bits per heavy atom. The average molecular weight is 610 g/mol. The third-order valence-electron chi connectivity index (χ3n) is 7.14. The normalized spacial score (nSPS) is 13.5. The first-order chi connectivity index (χ1) is 21.0. The van der Waals surface area contributed by atoms with Crippen molar-refractivity contribution in [1.82, 2.24) is 16.0 Å². The summed E-state index contributed by atoms with van der Waals surface area (Å²) in [6.07, 6.45) is 2.51. The lowest BCUT2D eigenvalue weighted by atomic mass is 9.99. The fourth-order valence-corrected chi connectivity index (χ4v) is 4.60. The van der Waals surface area contributed by atoms with Gasteiger partial charge in [0.1, 0.15) is 18.1 Å². The van der Waals surface area contributed by atoms with Gasteiger partial charge in [-0.05, 0) is 68.7 Å². The summed E-state index contributed by atoms with van der Waals surface area (Å²) in [5.41, 5.74) is 30.8. The van der Waals surface area contributed by atoms with Crippen LogP contribution in [0.3, 0.4) is 0 Å². The smallest absolute Gasteiger partial charge is 0.243 e. The Hall–Kier alpha value is -4.49. The molecule has 2 rings (SSSR count). The maximum Gasteiger partial charge on any atom is 0.243 e. The molecule has 13 N–H and O–H groups in total. The van der Waals surface area contributed by atoms with Crippen molar-refractivity contribution in [2.75, 3.05) is 13.1 Å². The van der Waals surface area contributed by atoms with E-state index in [1.165, 1.54) is 0 Å². The third-order valence-corrected chi connectivity index (χ3v) is 7.14. The summed E-state index contributed by atoms with van der Waals surface area (Å²) in [4.78, 5) is 56.3. The molecule has 0 spiro atoms. The molecule has 4 amide bonds. The predicted octanol–water partition coefficient (Wildman–Crippen LogP) is -0.770. The lowest BCUT2D eigenvalue weighted by molar-refractivity contribution is -0.133. The highest BCUT2D eigenvalue weighted by Gasteiger charge is 2.30. The number of nitrogens with one attached hydrogen (secondary N) is 3. The monoisotopic (exact) mass is 609 g/mol. The van der Waals surface area contributed by atoms with Gasteiger partial charge in [0.25, 0.3) is 0 Å². The minimum Gasteiger partial charge on any atom is -0.370 e. The van der Waals surface area contributed by atoms with Crippen molar-refractivity contribution in [1.29, 1.82) is 0 Å². The minimum atomic E-state index is -1.07. The Labute approximate surface area is 258 Å². The quantitative estimate of drug-likeness (QED) is 0.0569. The first-order valence-corrected chi connectivity index (χ1v) is 14.8. The van der Waals surface area contributed by atoms with Gasteiger partial charge >= 0.3 is 0 Å². The van der Waals surface area contributed by atoms with E-state index < -0.39 is 47.8 Å². The number of guanidine groups is 1. The van der Waals surface area contributed by atoms with Gasteiger partial charge in [0.05, 0.1) is 6.04 Å². The summed E-state index contributed by atoms with van der Waals surface area (Å²) < 4.78 is 0. The number of carbonyl (C=O) groups is 4. The second kappa shape index (κ2) is 18.9. The van der Waals surface area contributed by atoms with Gasteiger partial charge in [-0.2, -0.15) is 0 Å². The zero-order valence-corrected chi connectivity index (χ0v) is 25.3. The number of amides is 4. The first-order valence-electron chi connectivity index (χ1n) is 14.8. The summed E-state index contributed by atoms with van der Waals surface area (Å²) in [5.74, 6) is -2.48. The lowest BCUT2D eigenvalue weighted by Gasteiger charge is -2.26. The van der Waals surface area contributed by atoms with Crippen LogP contribution < -0.4 is 44.6 Å². The molecule has 0 heterocycles. The molecule has 13 nitrogen and oxygen atoms in total. The van der Waals surface area contributed by atoms with E-state index in [2.05, 4.69) is 20.9 Å². The molecule has 0 fully saturated rings. The van der Waals surface area contributed by atoms with Gasteiger partial charge in [0.15, 0.2) is 5.96 Å². The molecule has 44 heavy (non-hydrogen) atoms. The molecule has 0 bridgehead atoms. The lowest BCUT2D eigenvalue weighted by Crippen LogP contribution is -2.58. The van der Waals surface area contributed by atoms with E-state index in [4.69, 9.17) is 28.7 Å². The largest absolute Gasteiger partial charge is 0.370 e. The van der Waals surface area contributed by atoms with E-state index in [0.29, 0.717) is 32.2 Å². The fourth-order valence-electron chi connectivity index (χ4n) is 4.60. The molecular formula is C31H47N9O4. The minimum absolute atomic E-state index is 0.0923. The number of hydrogen-bond donors (Lipinski definition) is 8. The average Bonchev–Trinajstić information content (AvgIpc) is 2.98. The molecule has 0 aromatic heterocycles. The standard InChI is InChI=1S/C31H47N9O4/c1-20-10-5-6-13-22(20)19-26(30(44)38-24(27(34)41)14-7-8-16-32)40-29(43)25(15-9-17-37-31(35)36)39-28(42)23(33)18-21-11-3-2-4-12-21/h2-6,10-13,23-26H,7-9,14-19,32-33H2,1H3,(H2,34,41)(H,38,44)(H,39,42)(H,40,43)(H4,35,36,37). The number of rotatable bonds is 19. The van der Waals surface area contributed by atoms with Gasteiger partial charge in [-0.1, -0.05) is 54.6 Å². The van der Waals surface area contributed by atoms with Crippen LogP contribution in [0, 0.1) is 6.92 Å². The van der Waals surface area contributed by atoms with E-state index in [1.54, 1.807) is 0 Å². The van der Waals surface area contributed by atoms with Crippen LogP contribution in [0.2, 0.25) is 0 Å². The Balaban J connectivity index is 2.26. The van der Waals surface area contributed by atoms with Gasteiger partial charge < -0.3 is 44.6 Å². The number of aryl methyl sites for hydroxylation is 1.